The Bertz CT molecular complexity index is 485. The molecule has 17 heavy (non-hydrogen) atoms. The van der Waals surface area contributed by atoms with Gasteiger partial charge in [0.2, 0.25) is 0 Å². The van der Waals surface area contributed by atoms with E-state index in [1.165, 1.54) is 13.2 Å². The zero-order valence-corrected chi connectivity index (χ0v) is 10.7. The molecule has 0 atom stereocenters. The molecule has 0 aliphatic carbocycles. The summed E-state index contributed by atoms with van der Waals surface area (Å²) in [6, 6.07) is 4.15. The number of halogens is 3. The standard InChI is InChI=1S/C10H6F2INO3/c1-16-9(15)5-2-6(4-14)8(7(13)3-5)17-10(11)12/h2-3,10H,1H3. The largest absolute Gasteiger partial charge is 0.465 e. The number of esters is 1. The van der Waals surface area contributed by atoms with Gasteiger partial charge in [-0.15, -0.1) is 0 Å². The van der Waals surface area contributed by atoms with Crippen molar-refractivity contribution in [1.82, 2.24) is 0 Å². The van der Waals surface area contributed by atoms with E-state index in [0.717, 1.165) is 6.07 Å². The van der Waals surface area contributed by atoms with E-state index in [0.29, 0.717) is 0 Å². The Morgan fingerprint density at radius 1 is 1.53 bits per heavy atom. The first-order valence-electron chi connectivity index (χ1n) is 4.26. The lowest BCUT2D eigenvalue weighted by atomic mass is 10.1. The summed E-state index contributed by atoms with van der Waals surface area (Å²) >= 11 is 1.70. The van der Waals surface area contributed by atoms with Crippen LogP contribution in [0.3, 0.4) is 0 Å². The number of methoxy groups -OCH3 is 1. The Hall–Kier alpha value is -1.43. The maximum absolute atomic E-state index is 12.1. The van der Waals surface area contributed by atoms with Gasteiger partial charge >= 0.3 is 12.6 Å². The van der Waals surface area contributed by atoms with Crippen molar-refractivity contribution in [2.24, 2.45) is 0 Å². The van der Waals surface area contributed by atoms with Gasteiger partial charge in [-0.05, 0) is 34.7 Å². The van der Waals surface area contributed by atoms with E-state index >= 15 is 0 Å². The lowest BCUT2D eigenvalue weighted by Crippen LogP contribution is -2.08. The zero-order valence-electron chi connectivity index (χ0n) is 8.54. The molecule has 0 aliphatic heterocycles. The Morgan fingerprint density at radius 2 is 2.18 bits per heavy atom. The normalized spacial score (nSPS) is 9.88. The van der Waals surface area contributed by atoms with E-state index in [9.17, 15) is 13.6 Å². The van der Waals surface area contributed by atoms with Crippen LogP contribution in [-0.4, -0.2) is 19.7 Å². The molecular formula is C10H6F2INO3. The average Bonchev–Trinajstić information content (AvgIpc) is 2.29. The molecule has 0 amide bonds. The SMILES string of the molecule is COC(=O)c1cc(I)c(OC(F)F)c(C#N)c1. The third kappa shape index (κ3) is 3.26. The Morgan fingerprint density at radius 3 is 2.65 bits per heavy atom. The zero-order chi connectivity index (χ0) is 13.0. The molecule has 0 bridgehead atoms. The van der Waals surface area contributed by atoms with E-state index in [1.807, 2.05) is 0 Å². The lowest BCUT2D eigenvalue weighted by Gasteiger charge is -2.10. The average molecular weight is 353 g/mol. The molecule has 0 saturated heterocycles. The smallest absolute Gasteiger partial charge is 0.387 e. The van der Waals surface area contributed by atoms with Crippen molar-refractivity contribution in [3.05, 3.63) is 26.8 Å². The van der Waals surface area contributed by atoms with Crippen LogP contribution in [0.2, 0.25) is 0 Å². The number of carbonyl (C=O) groups is 1. The predicted octanol–water partition coefficient (Wildman–Crippen LogP) is 2.55. The number of ether oxygens (including phenoxy) is 2. The number of nitrogens with zero attached hydrogens (tertiary/aromatic N) is 1. The topological polar surface area (TPSA) is 59.3 Å². The van der Waals surface area contributed by atoms with Gasteiger partial charge in [0.25, 0.3) is 0 Å². The third-order valence-corrected chi connectivity index (χ3v) is 2.59. The maximum Gasteiger partial charge on any atom is 0.387 e. The number of hydrogen-bond donors (Lipinski definition) is 0. The summed E-state index contributed by atoms with van der Waals surface area (Å²) in [6.07, 6.45) is 0. The second kappa shape index (κ2) is 5.77. The van der Waals surface area contributed by atoms with Crippen LogP contribution in [-0.2, 0) is 4.74 Å². The van der Waals surface area contributed by atoms with E-state index in [-0.39, 0.29) is 20.4 Å². The van der Waals surface area contributed by atoms with Gasteiger partial charge in [0, 0.05) is 0 Å². The van der Waals surface area contributed by atoms with Gasteiger partial charge in [0.1, 0.15) is 6.07 Å². The Labute approximate surface area is 109 Å². The summed E-state index contributed by atoms with van der Waals surface area (Å²) in [4.78, 5) is 11.2. The van der Waals surface area contributed by atoms with Crippen LogP contribution in [0, 0.1) is 14.9 Å². The molecule has 0 radical (unpaired) electrons. The number of alkyl halides is 2. The van der Waals surface area contributed by atoms with Gasteiger partial charge in [-0.1, -0.05) is 0 Å². The molecule has 0 unspecified atom stereocenters. The van der Waals surface area contributed by atoms with Crippen molar-refractivity contribution in [3.8, 4) is 11.8 Å². The first-order chi connectivity index (χ1) is 7.99. The van der Waals surface area contributed by atoms with Crippen molar-refractivity contribution in [3.63, 3.8) is 0 Å². The first kappa shape index (κ1) is 13.6. The molecule has 0 aromatic heterocycles. The molecule has 1 aromatic rings. The van der Waals surface area contributed by atoms with E-state index in [1.54, 1.807) is 28.7 Å². The molecule has 0 aliphatic rings. The van der Waals surface area contributed by atoms with Gasteiger partial charge in [0.15, 0.2) is 5.75 Å². The number of benzene rings is 1. The Balaban J connectivity index is 3.27. The number of carbonyl (C=O) groups excluding carboxylic acids is 1. The molecule has 0 fully saturated rings. The molecule has 90 valence electrons. The second-order valence-corrected chi connectivity index (χ2v) is 3.98. The highest BCUT2D eigenvalue weighted by Crippen LogP contribution is 2.28. The molecule has 0 saturated carbocycles. The van der Waals surface area contributed by atoms with Gasteiger partial charge in [0.05, 0.1) is 21.8 Å². The van der Waals surface area contributed by atoms with Crippen LogP contribution in [0.15, 0.2) is 12.1 Å². The summed E-state index contributed by atoms with van der Waals surface area (Å²) < 4.78 is 33.2. The summed E-state index contributed by atoms with van der Waals surface area (Å²) in [5.41, 5.74) is -0.0346. The van der Waals surface area contributed by atoms with E-state index in [4.69, 9.17) is 5.26 Å². The minimum atomic E-state index is -3.03. The van der Waals surface area contributed by atoms with Crippen molar-refractivity contribution >= 4 is 28.6 Å². The van der Waals surface area contributed by atoms with Crippen LogP contribution in [0.4, 0.5) is 8.78 Å². The fourth-order valence-electron chi connectivity index (χ4n) is 1.12. The van der Waals surface area contributed by atoms with Gasteiger partial charge in [-0.25, -0.2) is 4.79 Å². The van der Waals surface area contributed by atoms with Crippen LogP contribution in [0.25, 0.3) is 0 Å². The van der Waals surface area contributed by atoms with Gasteiger partial charge in [-0.3, -0.25) is 0 Å². The lowest BCUT2D eigenvalue weighted by molar-refractivity contribution is -0.0506. The van der Waals surface area contributed by atoms with Crippen molar-refractivity contribution in [2.75, 3.05) is 7.11 Å². The minimum Gasteiger partial charge on any atom is -0.465 e. The van der Waals surface area contributed by atoms with Crippen LogP contribution in [0.5, 0.6) is 5.75 Å². The minimum absolute atomic E-state index is 0.107. The van der Waals surface area contributed by atoms with Crippen LogP contribution >= 0.6 is 22.6 Å². The molecule has 1 aromatic carbocycles. The van der Waals surface area contributed by atoms with E-state index < -0.39 is 12.6 Å². The summed E-state index contributed by atoms with van der Waals surface area (Å²) in [6.45, 7) is -3.03. The van der Waals surface area contributed by atoms with Crippen molar-refractivity contribution in [2.45, 2.75) is 6.61 Å². The molecule has 1 rings (SSSR count). The second-order valence-electron chi connectivity index (χ2n) is 2.82. The van der Waals surface area contributed by atoms with Crippen molar-refractivity contribution < 1.29 is 23.0 Å². The Kier molecular flexibility index (Phi) is 4.62. The number of hydrogen-bond acceptors (Lipinski definition) is 4. The van der Waals surface area contributed by atoms with Gasteiger partial charge < -0.3 is 9.47 Å². The highest BCUT2D eigenvalue weighted by atomic mass is 127. The molecule has 0 heterocycles. The fourth-order valence-corrected chi connectivity index (χ4v) is 1.87. The highest BCUT2D eigenvalue weighted by Gasteiger charge is 2.17. The fraction of sp³-hybridized carbons (Fsp3) is 0.200. The first-order valence-corrected chi connectivity index (χ1v) is 5.34. The summed E-state index contributed by atoms with van der Waals surface area (Å²) in [5.74, 6) is -0.890. The maximum atomic E-state index is 12.1. The quantitative estimate of drug-likeness (QED) is 0.619. The molecule has 0 N–H and O–H groups in total. The molecule has 4 nitrogen and oxygen atoms in total. The number of nitriles is 1. The van der Waals surface area contributed by atoms with Crippen molar-refractivity contribution in [1.29, 1.82) is 5.26 Å². The third-order valence-electron chi connectivity index (χ3n) is 1.79. The van der Waals surface area contributed by atoms with E-state index in [2.05, 4.69) is 9.47 Å². The monoisotopic (exact) mass is 353 g/mol. The highest BCUT2D eigenvalue weighted by molar-refractivity contribution is 14.1. The summed E-state index contributed by atoms with van der Waals surface area (Å²) in [5, 5.41) is 8.80. The van der Waals surface area contributed by atoms with Crippen LogP contribution < -0.4 is 4.74 Å². The van der Waals surface area contributed by atoms with Crippen LogP contribution in [0.1, 0.15) is 15.9 Å². The predicted molar refractivity (Wildman–Crippen MR) is 61.8 cm³/mol. The molecule has 0 spiro atoms. The molecular weight excluding hydrogens is 347 g/mol. The summed E-state index contributed by atoms with van der Waals surface area (Å²) in [7, 11) is 1.19. The molecule has 7 heteroatoms. The van der Waals surface area contributed by atoms with Gasteiger partial charge in [-0.2, -0.15) is 14.0 Å². The number of rotatable bonds is 3.